The summed E-state index contributed by atoms with van der Waals surface area (Å²) in [5.41, 5.74) is 0. The SMILES string of the molecule is CC1CCCC(Nc2ncc(Cl)cc2Cl)CC1. The van der Waals surface area contributed by atoms with Gasteiger partial charge in [-0.3, -0.25) is 0 Å². The summed E-state index contributed by atoms with van der Waals surface area (Å²) in [6, 6.07) is 2.23. The van der Waals surface area contributed by atoms with E-state index >= 15 is 0 Å². The van der Waals surface area contributed by atoms with Crippen LogP contribution in [0.5, 0.6) is 0 Å². The minimum Gasteiger partial charge on any atom is -0.366 e. The van der Waals surface area contributed by atoms with Crippen molar-refractivity contribution in [1.82, 2.24) is 4.98 Å². The van der Waals surface area contributed by atoms with Crippen LogP contribution in [-0.4, -0.2) is 11.0 Å². The lowest BCUT2D eigenvalue weighted by molar-refractivity contribution is 0.502. The molecule has 0 bridgehead atoms. The van der Waals surface area contributed by atoms with Crippen molar-refractivity contribution in [1.29, 1.82) is 0 Å². The summed E-state index contributed by atoms with van der Waals surface area (Å²) in [4.78, 5) is 4.25. The minimum atomic E-state index is 0.492. The van der Waals surface area contributed by atoms with Crippen LogP contribution in [-0.2, 0) is 0 Å². The Morgan fingerprint density at radius 2 is 2.06 bits per heavy atom. The molecule has 0 amide bonds. The quantitative estimate of drug-likeness (QED) is 0.785. The average molecular weight is 273 g/mol. The second-order valence-electron chi connectivity index (χ2n) is 4.94. The first-order chi connectivity index (χ1) is 8.15. The van der Waals surface area contributed by atoms with Crippen molar-refractivity contribution in [3.63, 3.8) is 0 Å². The molecule has 1 saturated carbocycles. The molecule has 0 saturated heterocycles. The maximum Gasteiger partial charge on any atom is 0.145 e. The fourth-order valence-electron chi connectivity index (χ4n) is 2.35. The summed E-state index contributed by atoms with van der Waals surface area (Å²) in [6.07, 6.45) is 7.93. The number of hydrogen-bond acceptors (Lipinski definition) is 2. The minimum absolute atomic E-state index is 0.492. The van der Waals surface area contributed by atoms with E-state index in [1.165, 1.54) is 32.1 Å². The van der Waals surface area contributed by atoms with Gasteiger partial charge in [0.05, 0.1) is 10.0 Å². The number of pyridine rings is 1. The first kappa shape index (κ1) is 13.0. The van der Waals surface area contributed by atoms with Crippen molar-refractivity contribution < 1.29 is 0 Å². The molecule has 1 aliphatic rings. The van der Waals surface area contributed by atoms with Crippen LogP contribution in [0.15, 0.2) is 12.3 Å². The number of halogens is 2. The molecule has 2 rings (SSSR count). The number of rotatable bonds is 2. The Labute approximate surface area is 113 Å². The molecule has 17 heavy (non-hydrogen) atoms. The number of hydrogen-bond donors (Lipinski definition) is 1. The zero-order valence-electron chi connectivity index (χ0n) is 10.0. The molecular weight excluding hydrogens is 255 g/mol. The molecular formula is C13H18Cl2N2. The highest BCUT2D eigenvalue weighted by Crippen LogP contribution is 2.28. The van der Waals surface area contributed by atoms with Gasteiger partial charge in [0.25, 0.3) is 0 Å². The van der Waals surface area contributed by atoms with E-state index in [2.05, 4.69) is 17.2 Å². The summed E-state index contributed by atoms with van der Waals surface area (Å²) < 4.78 is 0. The predicted molar refractivity (Wildman–Crippen MR) is 73.9 cm³/mol. The van der Waals surface area contributed by atoms with Crippen LogP contribution in [0.1, 0.15) is 39.0 Å². The zero-order valence-corrected chi connectivity index (χ0v) is 11.6. The summed E-state index contributed by atoms with van der Waals surface area (Å²) in [7, 11) is 0. The number of nitrogens with zero attached hydrogens (tertiary/aromatic N) is 1. The van der Waals surface area contributed by atoms with Gasteiger partial charge in [-0.05, 0) is 31.2 Å². The Morgan fingerprint density at radius 3 is 2.82 bits per heavy atom. The molecule has 1 aliphatic carbocycles. The third-order valence-electron chi connectivity index (χ3n) is 3.41. The summed E-state index contributed by atoms with van der Waals surface area (Å²) >= 11 is 11.9. The van der Waals surface area contributed by atoms with Crippen molar-refractivity contribution in [3.8, 4) is 0 Å². The topological polar surface area (TPSA) is 24.9 Å². The van der Waals surface area contributed by atoms with E-state index < -0.39 is 0 Å². The van der Waals surface area contributed by atoms with Gasteiger partial charge in [0.15, 0.2) is 0 Å². The molecule has 1 heterocycles. The van der Waals surface area contributed by atoms with Gasteiger partial charge in [-0.25, -0.2) is 4.98 Å². The maximum absolute atomic E-state index is 6.11. The van der Waals surface area contributed by atoms with Crippen LogP contribution in [0, 0.1) is 5.92 Å². The molecule has 2 atom stereocenters. The number of aromatic nitrogens is 1. The molecule has 4 heteroatoms. The Kier molecular flexibility index (Phi) is 4.52. The van der Waals surface area contributed by atoms with E-state index in [1.807, 2.05) is 0 Å². The normalized spacial score (nSPS) is 25.4. The lowest BCUT2D eigenvalue weighted by Crippen LogP contribution is -2.19. The van der Waals surface area contributed by atoms with E-state index in [0.29, 0.717) is 16.1 Å². The van der Waals surface area contributed by atoms with E-state index in [1.54, 1.807) is 12.3 Å². The van der Waals surface area contributed by atoms with Crippen LogP contribution in [0.3, 0.4) is 0 Å². The van der Waals surface area contributed by atoms with E-state index in [9.17, 15) is 0 Å². The Balaban J connectivity index is 2.00. The highest BCUT2D eigenvalue weighted by atomic mass is 35.5. The van der Waals surface area contributed by atoms with Gasteiger partial charge in [-0.2, -0.15) is 0 Å². The summed E-state index contributed by atoms with van der Waals surface area (Å²) in [5.74, 6) is 1.60. The van der Waals surface area contributed by atoms with Crippen molar-refractivity contribution in [2.45, 2.75) is 45.1 Å². The molecule has 2 unspecified atom stereocenters. The largest absolute Gasteiger partial charge is 0.366 e. The molecule has 2 nitrogen and oxygen atoms in total. The van der Waals surface area contributed by atoms with E-state index in [4.69, 9.17) is 23.2 Å². The lowest BCUT2D eigenvalue weighted by atomic mass is 10.0. The molecule has 1 fully saturated rings. The first-order valence-electron chi connectivity index (χ1n) is 6.22. The summed E-state index contributed by atoms with van der Waals surface area (Å²) in [5, 5.41) is 4.62. The zero-order chi connectivity index (χ0) is 12.3. The van der Waals surface area contributed by atoms with Gasteiger partial charge in [-0.15, -0.1) is 0 Å². The standard InChI is InChI=1S/C13H18Cl2N2/c1-9-3-2-4-11(6-5-9)17-13-12(15)7-10(14)8-16-13/h7-9,11H,2-6H2,1H3,(H,16,17). The van der Waals surface area contributed by atoms with E-state index in [-0.39, 0.29) is 0 Å². The number of nitrogens with one attached hydrogen (secondary N) is 1. The fraction of sp³-hybridized carbons (Fsp3) is 0.615. The van der Waals surface area contributed by atoms with Gasteiger partial charge in [0.1, 0.15) is 5.82 Å². The molecule has 1 N–H and O–H groups in total. The monoisotopic (exact) mass is 272 g/mol. The highest BCUT2D eigenvalue weighted by molar-refractivity contribution is 6.35. The molecule has 1 aromatic heterocycles. The molecule has 94 valence electrons. The van der Waals surface area contributed by atoms with Gasteiger partial charge in [0, 0.05) is 12.2 Å². The van der Waals surface area contributed by atoms with Gasteiger partial charge in [0.2, 0.25) is 0 Å². The number of anilines is 1. The van der Waals surface area contributed by atoms with Crippen LogP contribution in [0.4, 0.5) is 5.82 Å². The summed E-state index contributed by atoms with van der Waals surface area (Å²) in [6.45, 7) is 2.33. The Bertz CT molecular complexity index is 382. The Hall–Kier alpha value is -0.470. The third-order valence-corrected chi connectivity index (χ3v) is 3.90. The average Bonchev–Trinajstić information content (AvgIpc) is 2.48. The van der Waals surface area contributed by atoms with Crippen LogP contribution >= 0.6 is 23.2 Å². The maximum atomic E-state index is 6.11. The third kappa shape index (κ3) is 3.75. The van der Waals surface area contributed by atoms with Crippen LogP contribution < -0.4 is 5.32 Å². The second kappa shape index (κ2) is 5.92. The van der Waals surface area contributed by atoms with Gasteiger partial charge in [-0.1, -0.05) is 43.0 Å². The molecule has 0 spiro atoms. The van der Waals surface area contributed by atoms with Crippen molar-refractivity contribution >= 4 is 29.0 Å². The molecule has 1 aromatic rings. The fourth-order valence-corrected chi connectivity index (χ4v) is 2.78. The molecule has 0 aliphatic heterocycles. The molecule has 0 aromatic carbocycles. The van der Waals surface area contributed by atoms with Crippen LogP contribution in [0.25, 0.3) is 0 Å². The van der Waals surface area contributed by atoms with E-state index in [0.717, 1.165) is 11.7 Å². The van der Waals surface area contributed by atoms with Crippen molar-refractivity contribution in [2.75, 3.05) is 5.32 Å². The smallest absolute Gasteiger partial charge is 0.145 e. The van der Waals surface area contributed by atoms with Crippen molar-refractivity contribution in [2.24, 2.45) is 5.92 Å². The lowest BCUT2D eigenvalue weighted by Gasteiger charge is -2.17. The van der Waals surface area contributed by atoms with Crippen LogP contribution in [0.2, 0.25) is 10.0 Å². The predicted octanol–water partition coefficient (Wildman–Crippen LogP) is 4.77. The van der Waals surface area contributed by atoms with Gasteiger partial charge < -0.3 is 5.32 Å². The second-order valence-corrected chi connectivity index (χ2v) is 5.78. The molecule has 0 radical (unpaired) electrons. The highest BCUT2D eigenvalue weighted by Gasteiger charge is 2.17. The first-order valence-corrected chi connectivity index (χ1v) is 6.98. The van der Waals surface area contributed by atoms with Crippen molar-refractivity contribution in [3.05, 3.63) is 22.3 Å². The van der Waals surface area contributed by atoms with Gasteiger partial charge >= 0.3 is 0 Å². The Morgan fingerprint density at radius 1 is 1.24 bits per heavy atom.